The number of carbonyl (C=O) groups is 2. The summed E-state index contributed by atoms with van der Waals surface area (Å²) in [6, 6.07) is 42.1. The van der Waals surface area contributed by atoms with Crippen LogP contribution in [0, 0.1) is 0 Å². The second-order valence-corrected chi connectivity index (χ2v) is 23.5. The molecular weight excluding hydrogens is 1010 g/mol. The minimum absolute atomic E-state index is 0.0117. The van der Waals surface area contributed by atoms with E-state index in [9.17, 15) is 19.8 Å². The number of benzene rings is 6. The van der Waals surface area contributed by atoms with Crippen LogP contribution in [-0.2, 0) is 0 Å². The number of thiophene rings is 2. The SMILES string of the molecule is COc1ccc(-c2sc3cc(OC)ccc3c2C(=O)c2ccc(OC3CCCCC3N3CCCCC3)cc2)cc1.O=C(c1ccc(OC2CCCCC2N2CCCCC2)cc1)c1c(-c2ccc(O)cc2)sc2cc(O)ccc12. The van der Waals surface area contributed by atoms with Crippen molar-refractivity contribution < 1.29 is 38.7 Å². The van der Waals surface area contributed by atoms with Crippen molar-refractivity contribution in [3.63, 3.8) is 0 Å². The third kappa shape index (κ3) is 11.8. The molecule has 0 bridgehead atoms. The summed E-state index contributed by atoms with van der Waals surface area (Å²) in [5.41, 5.74) is 4.44. The van der Waals surface area contributed by atoms with Gasteiger partial charge in [-0.15, -0.1) is 22.7 Å². The van der Waals surface area contributed by atoms with Gasteiger partial charge in [0.1, 0.15) is 46.7 Å². The number of hydrogen-bond acceptors (Lipinski definition) is 12. The maximum absolute atomic E-state index is 14.1. The van der Waals surface area contributed by atoms with Crippen LogP contribution in [0.5, 0.6) is 34.5 Å². The van der Waals surface area contributed by atoms with Gasteiger partial charge in [-0.25, -0.2) is 0 Å². The van der Waals surface area contributed by atoms with Crippen LogP contribution >= 0.6 is 22.7 Å². The summed E-state index contributed by atoms with van der Waals surface area (Å²) in [6.45, 7) is 4.73. The Kier molecular flexibility index (Phi) is 16.8. The average molecular weight is 1080 g/mol. The number of phenols is 2. The topological polar surface area (TPSA) is 118 Å². The van der Waals surface area contributed by atoms with E-state index >= 15 is 0 Å². The molecule has 2 saturated heterocycles. The monoisotopic (exact) mass is 1080 g/mol. The maximum atomic E-state index is 14.1. The van der Waals surface area contributed by atoms with Crippen LogP contribution < -0.4 is 18.9 Å². The molecule has 4 fully saturated rings. The summed E-state index contributed by atoms with van der Waals surface area (Å²) >= 11 is 3.08. The fourth-order valence-electron chi connectivity index (χ4n) is 12.3. The number of piperidine rings is 2. The van der Waals surface area contributed by atoms with Crippen LogP contribution in [0.2, 0.25) is 0 Å². The Morgan fingerprint density at radius 1 is 0.436 bits per heavy atom. The van der Waals surface area contributed by atoms with E-state index in [4.69, 9.17) is 18.9 Å². The molecule has 2 N–H and O–H groups in total. The van der Waals surface area contributed by atoms with Gasteiger partial charge in [0, 0.05) is 64.3 Å². The molecule has 0 radical (unpaired) electrons. The lowest BCUT2D eigenvalue weighted by atomic mass is 9.90. The number of methoxy groups -OCH3 is 2. The van der Waals surface area contributed by atoms with Crippen molar-refractivity contribution in [1.29, 1.82) is 0 Å². The van der Waals surface area contributed by atoms with Crippen molar-refractivity contribution in [2.45, 2.75) is 114 Å². The predicted octanol–water partition coefficient (Wildman–Crippen LogP) is 15.4. The van der Waals surface area contributed by atoms with Crippen LogP contribution in [-0.4, -0.2) is 96.3 Å². The minimum Gasteiger partial charge on any atom is -0.508 e. The first-order valence-electron chi connectivity index (χ1n) is 28.1. The van der Waals surface area contributed by atoms with Crippen LogP contribution in [0.3, 0.4) is 0 Å². The van der Waals surface area contributed by atoms with E-state index in [1.165, 1.54) is 115 Å². The summed E-state index contributed by atoms with van der Waals surface area (Å²) in [5.74, 6) is 3.52. The zero-order valence-corrected chi connectivity index (χ0v) is 46.4. The first-order chi connectivity index (χ1) is 38.2. The smallest absolute Gasteiger partial charge is 0.195 e. The Bertz CT molecular complexity index is 3320. The molecule has 8 aromatic rings. The summed E-state index contributed by atoms with van der Waals surface area (Å²) in [5, 5.41) is 21.5. The molecule has 12 rings (SSSR count). The van der Waals surface area contributed by atoms with Gasteiger partial charge in [0.2, 0.25) is 0 Å². The van der Waals surface area contributed by atoms with Gasteiger partial charge in [0.15, 0.2) is 11.6 Å². The van der Waals surface area contributed by atoms with Gasteiger partial charge >= 0.3 is 0 Å². The average Bonchev–Trinajstić information content (AvgIpc) is 4.21. The minimum atomic E-state index is -0.0691. The van der Waals surface area contributed by atoms with Crippen LogP contribution in [0.4, 0.5) is 0 Å². The molecule has 2 aliphatic heterocycles. The highest BCUT2D eigenvalue weighted by Gasteiger charge is 2.34. The molecule has 4 atom stereocenters. The Morgan fingerprint density at radius 3 is 1.31 bits per heavy atom. The van der Waals surface area contributed by atoms with E-state index in [1.807, 2.05) is 103 Å². The number of aromatic hydroxyl groups is 2. The highest BCUT2D eigenvalue weighted by atomic mass is 32.1. The molecule has 4 unspecified atom stereocenters. The van der Waals surface area contributed by atoms with E-state index in [2.05, 4.69) is 9.80 Å². The van der Waals surface area contributed by atoms with E-state index < -0.39 is 0 Å². The normalized spacial score (nSPS) is 20.1. The molecule has 0 spiro atoms. The molecule has 10 nitrogen and oxygen atoms in total. The first kappa shape index (κ1) is 53.3. The zero-order chi connectivity index (χ0) is 53.5. The number of likely N-dealkylation sites (tertiary alicyclic amines) is 2. The summed E-state index contributed by atoms with van der Waals surface area (Å²) < 4.78 is 25.8. The lowest BCUT2D eigenvalue weighted by molar-refractivity contribution is 0.0261. The largest absolute Gasteiger partial charge is 0.508 e. The summed E-state index contributed by atoms with van der Waals surface area (Å²) in [4.78, 5) is 35.0. The Hall–Kier alpha value is -6.70. The van der Waals surface area contributed by atoms with Crippen molar-refractivity contribution in [3.05, 3.63) is 156 Å². The molecule has 2 aromatic heterocycles. The van der Waals surface area contributed by atoms with E-state index in [-0.39, 0.29) is 35.3 Å². The summed E-state index contributed by atoms with van der Waals surface area (Å²) in [7, 11) is 3.32. The lowest BCUT2D eigenvalue weighted by Gasteiger charge is -2.41. The zero-order valence-electron chi connectivity index (χ0n) is 44.8. The number of ether oxygens (including phenoxy) is 4. The number of nitrogens with zero attached hydrogens (tertiary/aromatic N) is 2. The molecular formula is C66H70N2O8S2. The van der Waals surface area contributed by atoms with Crippen molar-refractivity contribution in [2.75, 3.05) is 40.4 Å². The van der Waals surface area contributed by atoms with Crippen LogP contribution in [0.25, 0.3) is 41.1 Å². The fourth-order valence-corrected chi connectivity index (χ4v) is 14.7. The Balaban J connectivity index is 0.000000166. The van der Waals surface area contributed by atoms with Crippen molar-refractivity contribution >= 4 is 54.4 Å². The highest BCUT2D eigenvalue weighted by molar-refractivity contribution is 7.23. The number of fused-ring (bicyclic) bond motifs is 2. The third-order valence-electron chi connectivity index (χ3n) is 16.4. The number of hydrogen-bond donors (Lipinski definition) is 2. The second kappa shape index (κ2) is 24.5. The van der Waals surface area contributed by atoms with Crippen LogP contribution in [0.1, 0.15) is 122 Å². The van der Waals surface area contributed by atoms with E-state index in [0.717, 1.165) is 82.5 Å². The van der Waals surface area contributed by atoms with Crippen molar-refractivity contribution in [2.24, 2.45) is 0 Å². The molecule has 6 aromatic carbocycles. The molecule has 12 heteroatoms. The molecule has 4 aliphatic rings. The summed E-state index contributed by atoms with van der Waals surface area (Å²) in [6.07, 6.45) is 17.8. The molecule has 4 heterocycles. The first-order valence-corrected chi connectivity index (χ1v) is 29.8. The Labute approximate surface area is 466 Å². The predicted molar refractivity (Wildman–Crippen MR) is 315 cm³/mol. The second-order valence-electron chi connectivity index (χ2n) is 21.3. The van der Waals surface area contributed by atoms with E-state index in [1.54, 1.807) is 55.9 Å². The van der Waals surface area contributed by atoms with Gasteiger partial charge in [-0.3, -0.25) is 19.4 Å². The van der Waals surface area contributed by atoms with E-state index in [0.29, 0.717) is 28.8 Å². The number of ketones is 2. The third-order valence-corrected chi connectivity index (χ3v) is 18.8. The Morgan fingerprint density at radius 2 is 0.833 bits per heavy atom. The standard InChI is InChI=1S/C34H37NO4S.C32H33NO4S/c1-37-25-14-12-24(13-15-25)34-32(28-19-18-27(38-2)22-31(28)40-34)33(36)23-10-16-26(17-11-23)39-30-9-5-4-8-29(30)35-20-6-3-7-21-35;34-23-12-8-22(9-13-23)32-30(26-17-14-24(35)20-29(26)38-32)31(36)21-10-15-25(16-11-21)37-28-7-3-2-6-27(28)33-18-4-1-5-19-33/h10-19,22,29-30H,3-9,20-21H2,1-2H3;8-17,20,27-28,34-35H,1-7,18-19H2. The maximum Gasteiger partial charge on any atom is 0.195 e. The van der Waals surface area contributed by atoms with Gasteiger partial charge in [-0.1, -0.05) is 25.7 Å². The highest BCUT2D eigenvalue weighted by Crippen LogP contribution is 2.44. The fraction of sp³-hybridized carbons (Fsp3) is 0.364. The lowest BCUT2D eigenvalue weighted by Crippen LogP contribution is -2.49. The van der Waals surface area contributed by atoms with Gasteiger partial charge in [0.05, 0.1) is 14.2 Å². The number of rotatable bonds is 14. The van der Waals surface area contributed by atoms with Crippen molar-refractivity contribution in [1.82, 2.24) is 9.80 Å². The molecule has 78 heavy (non-hydrogen) atoms. The van der Waals surface area contributed by atoms with Gasteiger partial charge in [-0.2, -0.15) is 0 Å². The molecule has 2 aliphatic carbocycles. The van der Waals surface area contributed by atoms with Gasteiger partial charge in [0.25, 0.3) is 0 Å². The molecule has 2 saturated carbocycles. The number of phenolic OH excluding ortho intramolecular Hbond substituents is 2. The van der Waals surface area contributed by atoms with Crippen molar-refractivity contribution in [3.8, 4) is 55.4 Å². The van der Waals surface area contributed by atoms with Gasteiger partial charge < -0.3 is 29.2 Å². The number of carbonyl (C=O) groups excluding carboxylic acids is 2. The van der Waals surface area contributed by atoms with Gasteiger partial charge in [-0.05, 0) is 235 Å². The molecule has 0 amide bonds. The molecule has 404 valence electrons. The quantitative estimate of drug-likeness (QED) is 0.102. The van der Waals surface area contributed by atoms with Crippen LogP contribution in [0.15, 0.2) is 133 Å².